The summed E-state index contributed by atoms with van der Waals surface area (Å²) >= 11 is 7.63. The monoisotopic (exact) mass is 456 g/mol. The van der Waals surface area contributed by atoms with E-state index in [0.29, 0.717) is 28.4 Å². The number of aromatic nitrogens is 3. The quantitative estimate of drug-likeness (QED) is 0.463. The van der Waals surface area contributed by atoms with Crippen LogP contribution in [0.4, 0.5) is 0 Å². The molecule has 4 rings (SSSR count). The van der Waals surface area contributed by atoms with Gasteiger partial charge in [-0.05, 0) is 62.6 Å². The molecule has 1 fully saturated rings. The number of likely N-dealkylation sites (tertiary alicyclic amines) is 1. The Labute approximate surface area is 191 Å². The first-order valence-electron chi connectivity index (χ1n) is 10.5. The minimum absolute atomic E-state index is 0.148. The van der Waals surface area contributed by atoms with E-state index in [1.807, 2.05) is 64.9 Å². The van der Waals surface area contributed by atoms with E-state index in [9.17, 15) is 4.79 Å². The number of hydrogen-bond donors (Lipinski definition) is 0. The molecule has 1 saturated heterocycles. The van der Waals surface area contributed by atoms with Gasteiger partial charge in [-0.3, -0.25) is 9.36 Å². The lowest BCUT2D eigenvalue weighted by molar-refractivity contribution is -0.129. The molecule has 0 atom stereocenters. The number of amides is 1. The van der Waals surface area contributed by atoms with Crippen molar-refractivity contribution in [3.05, 3.63) is 53.6 Å². The summed E-state index contributed by atoms with van der Waals surface area (Å²) in [5, 5.41) is 10.1. The van der Waals surface area contributed by atoms with Crippen LogP contribution in [0.1, 0.15) is 26.2 Å². The number of halogens is 1. The number of thioether (sulfide) groups is 1. The van der Waals surface area contributed by atoms with Crippen LogP contribution in [-0.2, 0) is 4.79 Å². The van der Waals surface area contributed by atoms with Crippen LogP contribution >= 0.6 is 23.4 Å². The standard InChI is InChI=1S/C23H25ClN4O2S/c1-2-30-20-11-9-19(10-12-20)28-22(17-7-6-8-18(24)15-17)25-26-23(28)31-16-21(29)27-13-4-3-5-14-27/h6-12,15H,2-5,13-14,16H2,1H3. The fraction of sp³-hybridized carbons (Fsp3) is 0.348. The Kier molecular flexibility index (Phi) is 7.14. The molecule has 0 aliphatic carbocycles. The Bertz CT molecular complexity index is 1030. The maximum Gasteiger partial charge on any atom is 0.233 e. The first-order chi connectivity index (χ1) is 15.2. The lowest BCUT2D eigenvalue weighted by atomic mass is 10.1. The van der Waals surface area contributed by atoms with Crippen molar-refractivity contribution < 1.29 is 9.53 Å². The molecule has 31 heavy (non-hydrogen) atoms. The van der Waals surface area contributed by atoms with E-state index in [1.165, 1.54) is 18.2 Å². The van der Waals surface area contributed by atoms with Crippen LogP contribution in [0.3, 0.4) is 0 Å². The van der Waals surface area contributed by atoms with Crippen molar-refractivity contribution in [3.63, 3.8) is 0 Å². The molecule has 0 N–H and O–H groups in total. The number of hydrogen-bond acceptors (Lipinski definition) is 5. The van der Waals surface area contributed by atoms with Gasteiger partial charge in [-0.2, -0.15) is 0 Å². The number of nitrogens with zero attached hydrogens (tertiary/aromatic N) is 4. The Morgan fingerprint density at radius 3 is 2.58 bits per heavy atom. The lowest BCUT2D eigenvalue weighted by Crippen LogP contribution is -2.36. The van der Waals surface area contributed by atoms with Crippen LogP contribution in [0.15, 0.2) is 53.7 Å². The number of rotatable bonds is 7. The van der Waals surface area contributed by atoms with Crippen molar-refractivity contribution in [3.8, 4) is 22.8 Å². The van der Waals surface area contributed by atoms with Crippen molar-refractivity contribution >= 4 is 29.3 Å². The molecule has 0 unspecified atom stereocenters. The maximum absolute atomic E-state index is 12.7. The van der Waals surface area contributed by atoms with E-state index < -0.39 is 0 Å². The fourth-order valence-electron chi connectivity index (χ4n) is 3.63. The zero-order valence-electron chi connectivity index (χ0n) is 17.5. The molecule has 0 saturated carbocycles. The molecule has 0 spiro atoms. The normalized spacial score (nSPS) is 13.9. The Hall–Kier alpha value is -2.51. The SMILES string of the molecule is CCOc1ccc(-n2c(SCC(=O)N3CCCCC3)nnc2-c2cccc(Cl)c2)cc1. The summed E-state index contributed by atoms with van der Waals surface area (Å²) in [6.45, 7) is 4.26. The number of carbonyl (C=O) groups is 1. The highest BCUT2D eigenvalue weighted by Gasteiger charge is 2.20. The van der Waals surface area contributed by atoms with Crippen LogP contribution in [0.2, 0.25) is 5.02 Å². The number of ether oxygens (including phenoxy) is 1. The highest BCUT2D eigenvalue weighted by molar-refractivity contribution is 7.99. The molecule has 6 nitrogen and oxygen atoms in total. The third kappa shape index (κ3) is 5.22. The Morgan fingerprint density at radius 2 is 1.87 bits per heavy atom. The van der Waals surface area contributed by atoms with Gasteiger partial charge < -0.3 is 9.64 Å². The van der Waals surface area contributed by atoms with Gasteiger partial charge in [0, 0.05) is 29.4 Å². The summed E-state index contributed by atoms with van der Waals surface area (Å²) < 4.78 is 7.54. The summed E-state index contributed by atoms with van der Waals surface area (Å²) in [4.78, 5) is 14.6. The lowest BCUT2D eigenvalue weighted by Gasteiger charge is -2.26. The summed E-state index contributed by atoms with van der Waals surface area (Å²) in [5.74, 6) is 1.97. The Morgan fingerprint density at radius 1 is 1.10 bits per heavy atom. The predicted molar refractivity (Wildman–Crippen MR) is 124 cm³/mol. The van der Waals surface area contributed by atoms with E-state index >= 15 is 0 Å². The zero-order valence-corrected chi connectivity index (χ0v) is 19.0. The first kappa shape index (κ1) is 21.7. The predicted octanol–water partition coefficient (Wildman–Crippen LogP) is 5.09. The number of carbonyl (C=O) groups excluding carboxylic acids is 1. The molecule has 1 aromatic heterocycles. The largest absolute Gasteiger partial charge is 0.494 e. The second-order valence-electron chi connectivity index (χ2n) is 7.31. The van der Waals surface area contributed by atoms with Gasteiger partial charge in [0.15, 0.2) is 11.0 Å². The molecule has 1 aliphatic rings. The molecule has 8 heteroatoms. The van der Waals surface area contributed by atoms with Gasteiger partial charge in [-0.1, -0.05) is 35.5 Å². The molecule has 1 aliphatic heterocycles. The van der Waals surface area contributed by atoms with Crippen molar-refractivity contribution in [2.24, 2.45) is 0 Å². The van der Waals surface area contributed by atoms with Gasteiger partial charge in [0.25, 0.3) is 0 Å². The summed E-state index contributed by atoms with van der Waals surface area (Å²) in [6, 6.07) is 15.3. The van der Waals surface area contributed by atoms with Gasteiger partial charge in [-0.15, -0.1) is 10.2 Å². The maximum atomic E-state index is 12.7. The second kappa shape index (κ2) is 10.2. The molecular formula is C23H25ClN4O2S. The Balaban J connectivity index is 1.64. The van der Waals surface area contributed by atoms with E-state index in [2.05, 4.69) is 10.2 Å². The average molecular weight is 457 g/mol. The minimum Gasteiger partial charge on any atom is -0.494 e. The van der Waals surface area contributed by atoms with Gasteiger partial charge in [0.1, 0.15) is 5.75 Å². The van der Waals surface area contributed by atoms with E-state index in [4.69, 9.17) is 16.3 Å². The smallest absolute Gasteiger partial charge is 0.233 e. The molecular weight excluding hydrogens is 432 g/mol. The van der Waals surface area contributed by atoms with Gasteiger partial charge >= 0.3 is 0 Å². The summed E-state index contributed by atoms with van der Waals surface area (Å²) in [7, 11) is 0. The molecule has 0 radical (unpaired) electrons. The molecule has 3 aromatic rings. The fourth-order valence-corrected chi connectivity index (χ4v) is 4.67. The topological polar surface area (TPSA) is 60.2 Å². The molecule has 2 heterocycles. The highest BCUT2D eigenvalue weighted by atomic mass is 35.5. The number of piperidine rings is 1. The molecule has 1 amide bonds. The van der Waals surface area contributed by atoms with E-state index in [1.54, 1.807) is 0 Å². The minimum atomic E-state index is 0.148. The van der Waals surface area contributed by atoms with Gasteiger partial charge in [-0.25, -0.2) is 0 Å². The average Bonchev–Trinajstić information content (AvgIpc) is 3.23. The second-order valence-corrected chi connectivity index (χ2v) is 8.69. The van der Waals surface area contributed by atoms with Crippen LogP contribution in [0.5, 0.6) is 5.75 Å². The van der Waals surface area contributed by atoms with E-state index in [-0.39, 0.29) is 5.91 Å². The van der Waals surface area contributed by atoms with Gasteiger partial charge in [0.2, 0.25) is 5.91 Å². The molecule has 2 aromatic carbocycles. The summed E-state index contributed by atoms with van der Waals surface area (Å²) in [5.41, 5.74) is 1.76. The third-order valence-corrected chi connectivity index (χ3v) is 6.30. The zero-order chi connectivity index (χ0) is 21.6. The van der Waals surface area contributed by atoms with E-state index in [0.717, 1.165) is 42.9 Å². The van der Waals surface area contributed by atoms with Gasteiger partial charge in [0.05, 0.1) is 12.4 Å². The number of benzene rings is 2. The third-order valence-electron chi connectivity index (χ3n) is 5.16. The molecule has 162 valence electrons. The van der Waals surface area contributed by atoms with Crippen molar-refractivity contribution in [1.29, 1.82) is 0 Å². The van der Waals surface area contributed by atoms with Crippen LogP contribution in [-0.4, -0.2) is 51.0 Å². The van der Waals surface area contributed by atoms with Crippen LogP contribution in [0.25, 0.3) is 17.1 Å². The van der Waals surface area contributed by atoms with Crippen LogP contribution in [0, 0.1) is 0 Å². The van der Waals surface area contributed by atoms with Crippen molar-refractivity contribution in [2.45, 2.75) is 31.3 Å². The van der Waals surface area contributed by atoms with Crippen molar-refractivity contribution in [1.82, 2.24) is 19.7 Å². The van der Waals surface area contributed by atoms with Crippen LogP contribution < -0.4 is 4.74 Å². The highest BCUT2D eigenvalue weighted by Crippen LogP contribution is 2.30. The summed E-state index contributed by atoms with van der Waals surface area (Å²) in [6.07, 6.45) is 3.36. The molecule has 0 bridgehead atoms. The first-order valence-corrected chi connectivity index (χ1v) is 11.9. The van der Waals surface area contributed by atoms with Crippen molar-refractivity contribution in [2.75, 3.05) is 25.4 Å².